The van der Waals surface area contributed by atoms with Gasteiger partial charge in [-0.1, -0.05) is 0 Å². The van der Waals surface area contributed by atoms with E-state index in [1.807, 2.05) is 13.0 Å². The van der Waals surface area contributed by atoms with Crippen molar-refractivity contribution in [3.05, 3.63) is 22.3 Å². The molecule has 6 nitrogen and oxygen atoms in total. The molecule has 2 heterocycles. The van der Waals surface area contributed by atoms with Crippen molar-refractivity contribution in [2.45, 2.75) is 25.8 Å². The molecular formula is C12H14BrN3O3. The Bertz CT molecular complexity index is 521. The summed E-state index contributed by atoms with van der Waals surface area (Å²) < 4.78 is 0.681. The summed E-state index contributed by atoms with van der Waals surface area (Å²) in [6, 6.07) is 1.21. The molecule has 1 saturated heterocycles. The third-order valence-electron chi connectivity index (χ3n) is 3.02. The van der Waals surface area contributed by atoms with Crippen LogP contribution in [0, 0.1) is 6.92 Å². The number of halogens is 1. The molecular weight excluding hydrogens is 314 g/mol. The minimum atomic E-state index is -1.06. The smallest absolute Gasteiger partial charge is 0.407 e. The molecule has 2 rings (SSSR count). The van der Waals surface area contributed by atoms with Crippen LogP contribution in [0.4, 0.5) is 10.6 Å². The molecule has 1 aromatic heterocycles. The summed E-state index contributed by atoms with van der Waals surface area (Å²) in [6.07, 6.45) is 1.83. The number of nitrogens with zero attached hydrogens (tertiary/aromatic N) is 2. The van der Waals surface area contributed by atoms with Gasteiger partial charge >= 0.3 is 6.09 Å². The standard InChI is InChI=1S/C12H14BrN3O3/c1-7-5-8(13)10(14-6-7)15-11(17)9-3-2-4-16(9)12(18)19/h5-6,9H,2-4H2,1H3,(H,18,19)(H,14,15,17). The number of anilines is 1. The summed E-state index contributed by atoms with van der Waals surface area (Å²) in [5.74, 6) is 0.0739. The fourth-order valence-corrected chi connectivity index (χ4v) is 2.66. The number of aryl methyl sites for hydroxylation is 1. The molecule has 102 valence electrons. The summed E-state index contributed by atoms with van der Waals surface area (Å²) >= 11 is 3.32. The van der Waals surface area contributed by atoms with Gasteiger partial charge in [0.25, 0.3) is 0 Å². The number of carbonyl (C=O) groups excluding carboxylic acids is 1. The van der Waals surface area contributed by atoms with Crippen LogP contribution in [0.3, 0.4) is 0 Å². The summed E-state index contributed by atoms with van der Waals surface area (Å²) in [6.45, 7) is 2.29. The van der Waals surface area contributed by atoms with Crippen LogP contribution >= 0.6 is 15.9 Å². The lowest BCUT2D eigenvalue weighted by molar-refractivity contribution is -0.119. The number of likely N-dealkylation sites (tertiary alicyclic amines) is 1. The second kappa shape index (κ2) is 5.56. The third-order valence-corrected chi connectivity index (χ3v) is 3.63. The van der Waals surface area contributed by atoms with Gasteiger partial charge < -0.3 is 10.4 Å². The maximum absolute atomic E-state index is 12.1. The van der Waals surface area contributed by atoms with E-state index in [2.05, 4.69) is 26.2 Å². The number of hydrogen-bond donors (Lipinski definition) is 2. The van der Waals surface area contributed by atoms with Crippen LogP contribution < -0.4 is 5.32 Å². The highest BCUT2D eigenvalue weighted by Crippen LogP contribution is 2.23. The third kappa shape index (κ3) is 3.04. The molecule has 1 aliphatic rings. The molecule has 0 aliphatic carbocycles. The molecule has 1 aromatic rings. The highest BCUT2D eigenvalue weighted by atomic mass is 79.9. The first-order chi connectivity index (χ1) is 8.99. The molecule has 1 fully saturated rings. The predicted octanol–water partition coefficient (Wildman–Crippen LogP) is 2.23. The number of aromatic nitrogens is 1. The van der Waals surface area contributed by atoms with E-state index < -0.39 is 12.1 Å². The highest BCUT2D eigenvalue weighted by molar-refractivity contribution is 9.10. The molecule has 0 saturated carbocycles. The molecule has 1 aliphatic heterocycles. The minimum Gasteiger partial charge on any atom is -0.465 e. The molecule has 0 spiro atoms. The van der Waals surface area contributed by atoms with Crippen LogP contribution in [0.1, 0.15) is 18.4 Å². The van der Waals surface area contributed by atoms with Gasteiger partial charge in [-0.05, 0) is 47.3 Å². The molecule has 1 unspecified atom stereocenters. The Morgan fingerprint density at radius 1 is 1.58 bits per heavy atom. The van der Waals surface area contributed by atoms with Crippen molar-refractivity contribution in [1.82, 2.24) is 9.88 Å². The van der Waals surface area contributed by atoms with Crippen LogP contribution in [0.2, 0.25) is 0 Å². The zero-order valence-corrected chi connectivity index (χ0v) is 12.0. The largest absolute Gasteiger partial charge is 0.465 e. The van der Waals surface area contributed by atoms with Gasteiger partial charge in [0.1, 0.15) is 11.9 Å². The number of pyridine rings is 1. The van der Waals surface area contributed by atoms with Gasteiger partial charge in [-0.15, -0.1) is 0 Å². The maximum atomic E-state index is 12.1. The lowest BCUT2D eigenvalue weighted by Gasteiger charge is -2.20. The highest BCUT2D eigenvalue weighted by Gasteiger charge is 2.34. The van der Waals surface area contributed by atoms with Gasteiger partial charge in [-0.3, -0.25) is 9.69 Å². The van der Waals surface area contributed by atoms with Gasteiger partial charge in [-0.2, -0.15) is 0 Å². The van der Waals surface area contributed by atoms with Crippen molar-refractivity contribution in [1.29, 1.82) is 0 Å². The molecule has 0 bridgehead atoms. The number of rotatable bonds is 2. The topological polar surface area (TPSA) is 82.5 Å². The molecule has 2 N–H and O–H groups in total. The van der Waals surface area contributed by atoms with Crippen molar-refractivity contribution in [3.8, 4) is 0 Å². The fourth-order valence-electron chi connectivity index (χ4n) is 2.09. The molecule has 1 atom stereocenters. The first kappa shape index (κ1) is 13.8. The van der Waals surface area contributed by atoms with Crippen LogP contribution in [-0.4, -0.2) is 39.6 Å². The summed E-state index contributed by atoms with van der Waals surface area (Å²) in [7, 11) is 0. The Labute approximate surface area is 118 Å². The second-order valence-electron chi connectivity index (χ2n) is 4.47. The van der Waals surface area contributed by atoms with E-state index >= 15 is 0 Å². The van der Waals surface area contributed by atoms with Gasteiger partial charge in [-0.25, -0.2) is 9.78 Å². The van der Waals surface area contributed by atoms with Gasteiger partial charge in [0.05, 0.1) is 4.47 Å². The Balaban J connectivity index is 2.10. The van der Waals surface area contributed by atoms with Gasteiger partial charge in [0, 0.05) is 12.7 Å². The van der Waals surface area contributed by atoms with E-state index in [0.717, 1.165) is 10.5 Å². The van der Waals surface area contributed by atoms with Crippen molar-refractivity contribution < 1.29 is 14.7 Å². The molecule has 0 aromatic carbocycles. The van der Waals surface area contributed by atoms with Crippen molar-refractivity contribution in [3.63, 3.8) is 0 Å². The van der Waals surface area contributed by atoms with E-state index in [1.54, 1.807) is 6.20 Å². The average Bonchev–Trinajstić information content (AvgIpc) is 2.82. The Kier molecular flexibility index (Phi) is 4.04. The normalized spacial score (nSPS) is 18.4. The zero-order valence-electron chi connectivity index (χ0n) is 10.4. The number of carbonyl (C=O) groups is 2. The number of carboxylic acid groups (broad SMARTS) is 1. The predicted molar refractivity (Wildman–Crippen MR) is 73.1 cm³/mol. The number of nitrogens with one attached hydrogen (secondary N) is 1. The van der Waals surface area contributed by atoms with Gasteiger partial charge in [0.15, 0.2) is 0 Å². The zero-order chi connectivity index (χ0) is 14.0. The quantitative estimate of drug-likeness (QED) is 0.872. The summed E-state index contributed by atoms with van der Waals surface area (Å²) in [4.78, 5) is 28.4. The molecule has 0 radical (unpaired) electrons. The van der Waals surface area contributed by atoms with Crippen LogP contribution in [0.5, 0.6) is 0 Å². The van der Waals surface area contributed by atoms with Crippen molar-refractivity contribution in [2.24, 2.45) is 0 Å². The number of hydrogen-bond acceptors (Lipinski definition) is 3. The van der Waals surface area contributed by atoms with E-state index in [0.29, 0.717) is 29.7 Å². The minimum absolute atomic E-state index is 0.336. The molecule has 7 heteroatoms. The van der Waals surface area contributed by atoms with Crippen molar-refractivity contribution >= 4 is 33.7 Å². The number of amides is 2. The second-order valence-corrected chi connectivity index (χ2v) is 5.32. The summed E-state index contributed by atoms with van der Waals surface area (Å²) in [5, 5.41) is 11.7. The lowest BCUT2D eigenvalue weighted by atomic mass is 10.2. The van der Waals surface area contributed by atoms with E-state index in [1.165, 1.54) is 0 Å². The molecule has 19 heavy (non-hydrogen) atoms. The van der Waals surface area contributed by atoms with E-state index in [4.69, 9.17) is 5.11 Å². The first-order valence-corrected chi connectivity index (χ1v) is 6.71. The summed E-state index contributed by atoms with van der Waals surface area (Å²) in [5.41, 5.74) is 0.970. The van der Waals surface area contributed by atoms with E-state index in [9.17, 15) is 9.59 Å². The Morgan fingerprint density at radius 3 is 2.95 bits per heavy atom. The lowest BCUT2D eigenvalue weighted by Crippen LogP contribution is -2.42. The Morgan fingerprint density at radius 2 is 2.32 bits per heavy atom. The van der Waals surface area contributed by atoms with Gasteiger partial charge in [0.2, 0.25) is 5.91 Å². The monoisotopic (exact) mass is 327 g/mol. The van der Waals surface area contributed by atoms with Crippen molar-refractivity contribution in [2.75, 3.05) is 11.9 Å². The fraction of sp³-hybridized carbons (Fsp3) is 0.417. The SMILES string of the molecule is Cc1cnc(NC(=O)C2CCCN2C(=O)O)c(Br)c1. The maximum Gasteiger partial charge on any atom is 0.407 e. The van der Waals surface area contributed by atoms with Crippen LogP contribution in [-0.2, 0) is 4.79 Å². The first-order valence-electron chi connectivity index (χ1n) is 5.91. The Hall–Kier alpha value is -1.63. The van der Waals surface area contributed by atoms with Crippen LogP contribution in [0.15, 0.2) is 16.7 Å². The van der Waals surface area contributed by atoms with Crippen LogP contribution in [0.25, 0.3) is 0 Å². The van der Waals surface area contributed by atoms with E-state index in [-0.39, 0.29) is 5.91 Å². The average molecular weight is 328 g/mol. The molecule has 2 amide bonds.